The number of carbonyl (C=O) groups is 1. The maximum absolute atomic E-state index is 11.7. The maximum Gasteiger partial charge on any atom is 0.351 e. The van der Waals surface area contributed by atoms with Crippen molar-refractivity contribution >= 4 is 17.7 Å². The Morgan fingerprint density at radius 2 is 2.06 bits per heavy atom. The molecule has 0 atom stereocenters. The molecule has 0 aromatic carbocycles. The Morgan fingerprint density at radius 1 is 1.41 bits per heavy atom. The highest BCUT2D eigenvalue weighted by atomic mass is 32.2. The van der Waals surface area contributed by atoms with Crippen LogP contribution in [0.5, 0.6) is 0 Å². The van der Waals surface area contributed by atoms with Gasteiger partial charge in [0.2, 0.25) is 0 Å². The van der Waals surface area contributed by atoms with E-state index in [9.17, 15) is 4.79 Å². The van der Waals surface area contributed by atoms with Gasteiger partial charge in [0, 0.05) is 13.1 Å². The zero-order valence-corrected chi connectivity index (χ0v) is 11.2. The lowest BCUT2D eigenvalue weighted by Gasteiger charge is -2.30. The number of hydrogen-bond acceptors (Lipinski definition) is 5. The van der Waals surface area contributed by atoms with Crippen molar-refractivity contribution in [3.05, 3.63) is 10.6 Å². The van der Waals surface area contributed by atoms with Crippen molar-refractivity contribution in [2.24, 2.45) is 0 Å². The van der Waals surface area contributed by atoms with E-state index in [1.165, 1.54) is 18.2 Å². The normalized spacial score (nSPS) is 17.1. The van der Waals surface area contributed by atoms with Crippen LogP contribution >= 0.6 is 11.8 Å². The van der Waals surface area contributed by atoms with E-state index in [1.807, 2.05) is 12.3 Å². The Balaban J connectivity index is 2.92. The van der Waals surface area contributed by atoms with Gasteiger partial charge in [0.15, 0.2) is 5.57 Å². The summed E-state index contributed by atoms with van der Waals surface area (Å²) in [5, 5.41) is 9.86. The van der Waals surface area contributed by atoms with Gasteiger partial charge in [0.25, 0.3) is 0 Å². The van der Waals surface area contributed by atoms with E-state index in [4.69, 9.17) is 10.00 Å². The van der Waals surface area contributed by atoms with Gasteiger partial charge in [0.1, 0.15) is 6.07 Å². The molecule has 4 nitrogen and oxygen atoms in total. The number of likely N-dealkylation sites (tertiary alicyclic amines) is 1. The first-order chi connectivity index (χ1) is 8.24. The Kier molecular flexibility index (Phi) is 5.92. The predicted octanol–water partition coefficient (Wildman–Crippen LogP) is 2.13. The molecule has 17 heavy (non-hydrogen) atoms. The fourth-order valence-corrected chi connectivity index (χ4v) is 2.64. The van der Waals surface area contributed by atoms with Crippen LogP contribution in [0, 0.1) is 11.3 Å². The molecular formula is C12H18N2O2S. The fourth-order valence-electron chi connectivity index (χ4n) is 1.87. The first-order valence-corrected chi connectivity index (χ1v) is 7.07. The lowest BCUT2D eigenvalue weighted by Crippen LogP contribution is -2.30. The number of thioether (sulfide) groups is 1. The predicted molar refractivity (Wildman–Crippen MR) is 68.2 cm³/mol. The summed E-state index contributed by atoms with van der Waals surface area (Å²) in [5.41, 5.74) is 0.140. The van der Waals surface area contributed by atoms with Crippen molar-refractivity contribution in [2.45, 2.75) is 26.2 Å². The average Bonchev–Trinajstić information content (AvgIpc) is 2.37. The lowest BCUT2D eigenvalue weighted by molar-refractivity contribution is -0.138. The molecule has 0 N–H and O–H groups in total. The smallest absolute Gasteiger partial charge is 0.351 e. The van der Waals surface area contributed by atoms with Crippen LogP contribution < -0.4 is 0 Å². The average molecular weight is 254 g/mol. The lowest BCUT2D eigenvalue weighted by atomic mass is 10.1. The van der Waals surface area contributed by atoms with Crippen LogP contribution in [0.4, 0.5) is 0 Å². The molecule has 0 spiro atoms. The zero-order valence-electron chi connectivity index (χ0n) is 10.4. The van der Waals surface area contributed by atoms with Crippen molar-refractivity contribution in [3.8, 4) is 6.07 Å². The Morgan fingerprint density at radius 3 is 2.53 bits per heavy atom. The topological polar surface area (TPSA) is 53.3 Å². The SMILES string of the molecule is CCOC(=O)/C(C#N)=C(\SC)N1CCCCC1. The summed E-state index contributed by atoms with van der Waals surface area (Å²) in [6, 6.07) is 1.98. The molecular weight excluding hydrogens is 236 g/mol. The maximum atomic E-state index is 11.7. The van der Waals surface area contributed by atoms with Crippen LogP contribution in [-0.2, 0) is 9.53 Å². The second-order valence-electron chi connectivity index (χ2n) is 3.76. The molecule has 1 heterocycles. The van der Waals surface area contributed by atoms with Crippen LogP contribution in [-0.4, -0.2) is 36.8 Å². The minimum atomic E-state index is -0.509. The summed E-state index contributed by atoms with van der Waals surface area (Å²) in [5.74, 6) is -0.509. The highest BCUT2D eigenvalue weighted by Crippen LogP contribution is 2.25. The molecule has 1 aliphatic rings. The van der Waals surface area contributed by atoms with E-state index in [-0.39, 0.29) is 5.57 Å². The highest BCUT2D eigenvalue weighted by Gasteiger charge is 2.22. The third kappa shape index (κ3) is 3.67. The third-order valence-corrected chi connectivity index (χ3v) is 3.49. The highest BCUT2D eigenvalue weighted by molar-refractivity contribution is 8.02. The second kappa shape index (κ2) is 7.23. The van der Waals surface area contributed by atoms with Gasteiger partial charge in [-0.3, -0.25) is 0 Å². The van der Waals surface area contributed by atoms with Gasteiger partial charge in [0.05, 0.1) is 11.6 Å². The molecule has 0 aliphatic carbocycles. The summed E-state index contributed by atoms with van der Waals surface area (Å²) in [6.07, 6.45) is 5.34. The van der Waals surface area contributed by atoms with Gasteiger partial charge in [-0.05, 0) is 32.4 Å². The number of esters is 1. The molecule has 0 radical (unpaired) electrons. The van der Waals surface area contributed by atoms with Crippen LogP contribution in [0.3, 0.4) is 0 Å². The number of rotatable bonds is 4. The second-order valence-corrected chi connectivity index (χ2v) is 4.56. The van der Waals surface area contributed by atoms with Crippen molar-refractivity contribution in [1.82, 2.24) is 4.90 Å². The number of hydrogen-bond donors (Lipinski definition) is 0. The molecule has 1 aliphatic heterocycles. The number of carbonyl (C=O) groups excluding carboxylic acids is 1. The first-order valence-electron chi connectivity index (χ1n) is 5.85. The van der Waals surface area contributed by atoms with Crippen molar-refractivity contribution in [1.29, 1.82) is 5.26 Å². The Labute approximate surface area is 107 Å². The van der Waals surface area contributed by atoms with Crippen molar-refractivity contribution < 1.29 is 9.53 Å². The Bertz CT molecular complexity index is 341. The van der Waals surface area contributed by atoms with E-state index < -0.39 is 5.97 Å². The summed E-state index contributed by atoms with van der Waals surface area (Å²) in [7, 11) is 0. The molecule has 0 saturated carbocycles. The number of piperidine rings is 1. The molecule has 94 valence electrons. The van der Waals surface area contributed by atoms with Gasteiger partial charge in [-0.15, -0.1) is 11.8 Å². The summed E-state index contributed by atoms with van der Waals surface area (Å²) < 4.78 is 4.91. The van der Waals surface area contributed by atoms with Gasteiger partial charge in [-0.2, -0.15) is 5.26 Å². The molecule has 0 amide bonds. The number of nitrogens with zero attached hydrogens (tertiary/aromatic N) is 2. The molecule has 1 fully saturated rings. The fraction of sp³-hybridized carbons (Fsp3) is 0.667. The van der Waals surface area contributed by atoms with Crippen LogP contribution in [0.1, 0.15) is 26.2 Å². The molecule has 1 rings (SSSR count). The van der Waals surface area contributed by atoms with Gasteiger partial charge in [-0.1, -0.05) is 0 Å². The van der Waals surface area contributed by atoms with E-state index in [2.05, 4.69) is 4.90 Å². The molecule has 5 heteroatoms. The van der Waals surface area contributed by atoms with Crippen LogP contribution in [0.15, 0.2) is 10.6 Å². The molecule has 0 aromatic rings. The summed E-state index contributed by atoms with van der Waals surface area (Å²) in [4.78, 5) is 13.8. The van der Waals surface area contributed by atoms with Crippen molar-refractivity contribution in [2.75, 3.05) is 26.0 Å². The van der Waals surface area contributed by atoms with E-state index in [0.717, 1.165) is 31.0 Å². The number of ether oxygens (including phenoxy) is 1. The molecule has 0 bridgehead atoms. The first kappa shape index (κ1) is 13.9. The number of nitriles is 1. The minimum absolute atomic E-state index is 0.140. The minimum Gasteiger partial charge on any atom is -0.462 e. The van der Waals surface area contributed by atoms with E-state index in [0.29, 0.717) is 6.61 Å². The summed E-state index contributed by atoms with van der Waals surface area (Å²) in [6.45, 7) is 3.87. The zero-order chi connectivity index (χ0) is 12.7. The molecule has 0 unspecified atom stereocenters. The quantitative estimate of drug-likeness (QED) is 0.437. The summed E-state index contributed by atoms with van der Waals surface area (Å²) >= 11 is 1.45. The van der Waals surface area contributed by atoms with Crippen LogP contribution in [0.25, 0.3) is 0 Å². The monoisotopic (exact) mass is 254 g/mol. The van der Waals surface area contributed by atoms with E-state index in [1.54, 1.807) is 6.92 Å². The van der Waals surface area contributed by atoms with E-state index >= 15 is 0 Å². The van der Waals surface area contributed by atoms with Gasteiger partial charge >= 0.3 is 5.97 Å². The van der Waals surface area contributed by atoms with Crippen molar-refractivity contribution in [3.63, 3.8) is 0 Å². The standard InChI is InChI=1S/C12H18N2O2S/c1-3-16-12(15)10(9-13)11(17-2)14-7-5-4-6-8-14/h3-8H2,1-2H3/b11-10-. The largest absolute Gasteiger partial charge is 0.462 e. The molecule has 1 saturated heterocycles. The van der Waals surface area contributed by atoms with Crippen LogP contribution in [0.2, 0.25) is 0 Å². The molecule has 0 aromatic heterocycles. The van der Waals surface area contributed by atoms with Gasteiger partial charge < -0.3 is 9.64 Å². The van der Waals surface area contributed by atoms with Gasteiger partial charge in [-0.25, -0.2) is 4.79 Å². The third-order valence-electron chi connectivity index (χ3n) is 2.64. The Hall–Kier alpha value is -1.15.